The molecule has 1 aliphatic carbocycles. The number of fused-ring (bicyclic) bond motifs is 1. The number of imide groups is 1. The van der Waals surface area contributed by atoms with Gasteiger partial charge >= 0.3 is 12.1 Å². The van der Waals surface area contributed by atoms with Crippen molar-refractivity contribution in [2.45, 2.75) is 78.0 Å². The van der Waals surface area contributed by atoms with E-state index in [9.17, 15) is 14.4 Å². The minimum absolute atomic E-state index is 0.0662. The molecule has 1 saturated carbocycles. The molecule has 0 N–H and O–H groups in total. The predicted molar refractivity (Wildman–Crippen MR) is 109 cm³/mol. The Kier molecular flexibility index (Phi) is 6.28. The average Bonchev–Trinajstić information content (AvgIpc) is 2.65. The van der Waals surface area contributed by atoms with Gasteiger partial charge in [-0.15, -0.1) is 0 Å². The van der Waals surface area contributed by atoms with E-state index in [-0.39, 0.29) is 36.7 Å². The van der Waals surface area contributed by atoms with Gasteiger partial charge in [-0.05, 0) is 47.5 Å². The maximum atomic E-state index is 13.1. The molecular formula is C21H30N4O5. The Hall–Kier alpha value is -2.71. The molecule has 30 heavy (non-hydrogen) atoms. The highest BCUT2D eigenvalue weighted by molar-refractivity contribution is 5.99. The molecule has 1 aromatic heterocycles. The van der Waals surface area contributed by atoms with E-state index in [0.717, 1.165) is 19.3 Å². The number of aryl methyl sites for hydroxylation is 1. The van der Waals surface area contributed by atoms with Gasteiger partial charge in [0.05, 0.1) is 25.2 Å². The van der Waals surface area contributed by atoms with E-state index in [1.54, 1.807) is 34.6 Å². The normalized spacial score (nSPS) is 21.8. The molecule has 2 heterocycles. The number of hydrogen-bond acceptors (Lipinski definition) is 8. The summed E-state index contributed by atoms with van der Waals surface area (Å²) in [5.74, 6) is -0.0113. The zero-order valence-corrected chi connectivity index (χ0v) is 18.3. The highest BCUT2D eigenvalue weighted by Gasteiger charge is 2.47. The lowest BCUT2D eigenvalue weighted by Crippen LogP contribution is -2.65. The molecule has 0 unspecified atom stereocenters. The molecule has 1 aliphatic heterocycles. The van der Waals surface area contributed by atoms with Crippen LogP contribution >= 0.6 is 0 Å². The minimum Gasteiger partial charge on any atom is -0.462 e. The molecule has 0 aromatic carbocycles. The number of nitrogens with zero attached hydrogens (tertiary/aromatic N) is 4. The number of rotatable bonds is 3. The summed E-state index contributed by atoms with van der Waals surface area (Å²) in [7, 11) is 0. The van der Waals surface area contributed by atoms with Crippen LogP contribution in [0.2, 0.25) is 0 Å². The van der Waals surface area contributed by atoms with E-state index >= 15 is 0 Å². The van der Waals surface area contributed by atoms with Crippen molar-refractivity contribution < 1.29 is 23.9 Å². The number of hydrogen-bond donors (Lipinski definition) is 0. The molecule has 9 heteroatoms. The maximum Gasteiger partial charge on any atom is 0.417 e. The van der Waals surface area contributed by atoms with Crippen molar-refractivity contribution in [3.05, 3.63) is 17.6 Å². The summed E-state index contributed by atoms with van der Waals surface area (Å²) in [4.78, 5) is 50.1. The zero-order valence-electron chi connectivity index (χ0n) is 18.3. The second kappa shape index (κ2) is 8.57. The average molecular weight is 418 g/mol. The quantitative estimate of drug-likeness (QED) is 0.691. The monoisotopic (exact) mass is 418 g/mol. The highest BCUT2D eigenvalue weighted by atomic mass is 16.6. The molecule has 1 saturated heterocycles. The number of carbonyl (C=O) groups excluding carboxylic acids is 3. The van der Waals surface area contributed by atoms with Crippen LogP contribution in [0.3, 0.4) is 0 Å². The van der Waals surface area contributed by atoms with Crippen LogP contribution in [0.1, 0.15) is 69.6 Å². The smallest absolute Gasteiger partial charge is 0.417 e. The Bertz CT molecular complexity index is 835. The summed E-state index contributed by atoms with van der Waals surface area (Å²) in [5.41, 5.74) is -0.468. The molecule has 1 aromatic rings. The van der Waals surface area contributed by atoms with Crippen LogP contribution < -0.4 is 4.90 Å². The third-order valence-corrected chi connectivity index (χ3v) is 5.25. The summed E-state index contributed by atoms with van der Waals surface area (Å²) in [6.45, 7) is 8.95. The Labute approximate surface area is 176 Å². The van der Waals surface area contributed by atoms with Crippen molar-refractivity contribution in [1.82, 2.24) is 14.9 Å². The van der Waals surface area contributed by atoms with E-state index in [1.165, 1.54) is 11.1 Å². The summed E-state index contributed by atoms with van der Waals surface area (Å²) in [6, 6.07) is -0.480. The van der Waals surface area contributed by atoms with Gasteiger partial charge in [0.1, 0.15) is 22.8 Å². The van der Waals surface area contributed by atoms with Gasteiger partial charge in [-0.1, -0.05) is 12.8 Å². The molecule has 9 nitrogen and oxygen atoms in total. The molecule has 2 amide bonds. The fraction of sp³-hybridized carbons (Fsp3) is 0.667. The van der Waals surface area contributed by atoms with E-state index in [4.69, 9.17) is 9.47 Å². The molecular weight excluding hydrogens is 388 g/mol. The van der Waals surface area contributed by atoms with Crippen LogP contribution in [0.4, 0.5) is 10.6 Å². The number of piperazine rings is 1. The Balaban J connectivity index is 1.98. The van der Waals surface area contributed by atoms with Crippen LogP contribution in [-0.4, -0.2) is 63.7 Å². The van der Waals surface area contributed by atoms with Crippen molar-refractivity contribution >= 4 is 23.8 Å². The molecule has 0 bridgehead atoms. The number of esters is 1. The third-order valence-electron chi connectivity index (χ3n) is 5.25. The van der Waals surface area contributed by atoms with Crippen molar-refractivity contribution in [2.75, 3.05) is 18.1 Å². The number of aromatic nitrogens is 2. The zero-order chi connectivity index (χ0) is 22.1. The second-order valence-electron chi connectivity index (χ2n) is 8.67. The minimum atomic E-state index is -0.695. The van der Waals surface area contributed by atoms with Crippen LogP contribution in [0.5, 0.6) is 0 Å². The molecule has 2 fully saturated rings. The summed E-state index contributed by atoms with van der Waals surface area (Å²) < 4.78 is 10.7. The van der Waals surface area contributed by atoms with E-state index in [0.29, 0.717) is 18.1 Å². The SMILES string of the molecule is CCOC(=O)c1cnc(C)nc1N1CC(=O)N(C(=O)OC(C)(C)C)[C@H]2CCCC[C@@H]21. The third kappa shape index (κ3) is 4.55. The van der Waals surface area contributed by atoms with Gasteiger partial charge in [0.2, 0.25) is 0 Å². The van der Waals surface area contributed by atoms with Crippen molar-refractivity contribution in [2.24, 2.45) is 0 Å². The van der Waals surface area contributed by atoms with Gasteiger partial charge in [0.15, 0.2) is 0 Å². The second-order valence-corrected chi connectivity index (χ2v) is 8.67. The Morgan fingerprint density at radius 2 is 1.87 bits per heavy atom. The summed E-state index contributed by atoms with van der Waals surface area (Å²) >= 11 is 0. The molecule has 0 radical (unpaired) electrons. The number of carbonyl (C=O) groups is 3. The van der Waals surface area contributed by atoms with Crippen LogP contribution in [0.25, 0.3) is 0 Å². The lowest BCUT2D eigenvalue weighted by molar-refractivity contribution is -0.134. The Morgan fingerprint density at radius 1 is 1.20 bits per heavy atom. The number of anilines is 1. The first-order chi connectivity index (χ1) is 14.1. The number of ether oxygens (including phenoxy) is 2. The first-order valence-corrected chi connectivity index (χ1v) is 10.4. The van der Waals surface area contributed by atoms with Gasteiger partial charge in [0.25, 0.3) is 5.91 Å². The maximum absolute atomic E-state index is 13.1. The fourth-order valence-electron chi connectivity index (χ4n) is 4.09. The van der Waals surface area contributed by atoms with Gasteiger partial charge in [-0.25, -0.2) is 24.5 Å². The van der Waals surface area contributed by atoms with E-state index in [1.807, 2.05) is 4.90 Å². The lowest BCUT2D eigenvalue weighted by atomic mass is 9.86. The van der Waals surface area contributed by atoms with Crippen LogP contribution in [0.15, 0.2) is 6.20 Å². The van der Waals surface area contributed by atoms with Crippen LogP contribution in [-0.2, 0) is 14.3 Å². The van der Waals surface area contributed by atoms with Crippen LogP contribution in [0, 0.1) is 6.92 Å². The van der Waals surface area contributed by atoms with Crippen molar-refractivity contribution in [3.8, 4) is 0 Å². The van der Waals surface area contributed by atoms with Gasteiger partial charge < -0.3 is 14.4 Å². The standard InChI is InChI=1S/C21H30N4O5/c1-6-29-19(27)14-11-22-13(2)23-18(14)24-12-17(26)25(20(28)30-21(3,4)5)16-10-8-7-9-15(16)24/h11,15-16H,6-10,12H2,1-5H3/t15-,16-/m0/s1. The molecule has 2 aliphatic rings. The largest absolute Gasteiger partial charge is 0.462 e. The highest BCUT2D eigenvalue weighted by Crippen LogP contribution is 2.35. The van der Waals surface area contributed by atoms with Crippen molar-refractivity contribution in [1.29, 1.82) is 0 Å². The van der Waals surface area contributed by atoms with Gasteiger partial charge in [0, 0.05) is 6.20 Å². The van der Waals surface area contributed by atoms with E-state index in [2.05, 4.69) is 9.97 Å². The van der Waals surface area contributed by atoms with Gasteiger partial charge in [-0.2, -0.15) is 0 Å². The van der Waals surface area contributed by atoms with E-state index < -0.39 is 17.7 Å². The Morgan fingerprint density at radius 3 is 2.50 bits per heavy atom. The summed E-state index contributed by atoms with van der Waals surface area (Å²) in [6.07, 6.45) is 4.17. The van der Waals surface area contributed by atoms with Gasteiger partial charge in [-0.3, -0.25) is 4.79 Å². The first kappa shape index (κ1) is 22.0. The molecule has 2 atom stereocenters. The molecule has 3 rings (SSSR count). The summed E-state index contributed by atoms with van der Waals surface area (Å²) in [5, 5.41) is 0. The topological polar surface area (TPSA) is 102 Å². The fourth-order valence-corrected chi connectivity index (χ4v) is 4.09. The first-order valence-electron chi connectivity index (χ1n) is 10.4. The molecule has 164 valence electrons. The predicted octanol–water partition coefficient (Wildman–Crippen LogP) is 2.86. The molecule has 0 spiro atoms. The number of amides is 2. The van der Waals surface area contributed by atoms with Crippen molar-refractivity contribution in [3.63, 3.8) is 0 Å². The lowest BCUT2D eigenvalue weighted by Gasteiger charge is -2.49.